The van der Waals surface area contributed by atoms with Gasteiger partial charge in [-0.25, -0.2) is 13.1 Å². The molecule has 1 fully saturated rings. The van der Waals surface area contributed by atoms with Crippen LogP contribution in [0, 0.1) is 11.8 Å². The summed E-state index contributed by atoms with van der Waals surface area (Å²) < 4.78 is 28.7. The first-order valence-corrected chi connectivity index (χ1v) is 9.62. The van der Waals surface area contributed by atoms with Crippen LogP contribution in [0.3, 0.4) is 0 Å². The molecule has 2 atom stereocenters. The van der Waals surface area contributed by atoms with E-state index >= 15 is 0 Å². The molecule has 1 aliphatic rings. The maximum absolute atomic E-state index is 12.4. The fourth-order valence-electron chi connectivity index (χ4n) is 2.68. The van der Waals surface area contributed by atoms with Gasteiger partial charge in [0.05, 0.1) is 5.69 Å². The van der Waals surface area contributed by atoms with Gasteiger partial charge < -0.3 is 5.73 Å². The highest BCUT2D eigenvalue weighted by Gasteiger charge is 2.27. The molecule has 0 aromatic heterocycles. The summed E-state index contributed by atoms with van der Waals surface area (Å²) in [6.45, 7) is 2.65. The molecule has 0 amide bonds. The van der Waals surface area contributed by atoms with Crippen LogP contribution in [0.4, 0.5) is 5.69 Å². The average molecular weight is 426 g/mol. The van der Waals surface area contributed by atoms with Gasteiger partial charge in [-0.05, 0) is 46.3 Å². The largest absolute Gasteiger partial charge is 0.398 e. The molecule has 0 heterocycles. The first-order chi connectivity index (χ1) is 9.31. The van der Waals surface area contributed by atoms with Gasteiger partial charge in [0.1, 0.15) is 4.90 Å². The molecule has 1 aliphatic carbocycles. The first kappa shape index (κ1) is 16.3. The molecule has 0 aliphatic heterocycles. The van der Waals surface area contributed by atoms with E-state index in [4.69, 9.17) is 5.73 Å². The second-order valence-corrected chi connectivity index (χ2v) is 8.80. The molecule has 1 saturated carbocycles. The Morgan fingerprint density at radius 3 is 2.60 bits per heavy atom. The highest BCUT2D eigenvalue weighted by Crippen LogP contribution is 2.33. The zero-order valence-electron chi connectivity index (χ0n) is 11.2. The summed E-state index contributed by atoms with van der Waals surface area (Å²) in [5.41, 5.74) is 6.07. The van der Waals surface area contributed by atoms with Crippen molar-refractivity contribution in [2.24, 2.45) is 11.8 Å². The minimum Gasteiger partial charge on any atom is -0.398 e. The summed E-state index contributed by atoms with van der Waals surface area (Å²) in [4.78, 5) is 0.117. The van der Waals surface area contributed by atoms with Crippen LogP contribution in [0.15, 0.2) is 26.0 Å². The Morgan fingerprint density at radius 2 is 2.05 bits per heavy atom. The maximum Gasteiger partial charge on any atom is 0.243 e. The molecule has 112 valence electrons. The van der Waals surface area contributed by atoms with Gasteiger partial charge in [-0.3, -0.25) is 0 Å². The van der Waals surface area contributed by atoms with Gasteiger partial charge in [0, 0.05) is 15.5 Å². The standard InChI is InChI=1S/C13H18Br2N2O2S/c1-8-3-2-4-9(8)7-17-20(18,19)13-11(15)5-10(14)6-12(13)16/h5-6,8-9,17H,2-4,7,16H2,1H3. The summed E-state index contributed by atoms with van der Waals surface area (Å²) in [7, 11) is -3.59. The van der Waals surface area contributed by atoms with Crippen molar-refractivity contribution < 1.29 is 8.42 Å². The number of hydrogen-bond acceptors (Lipinski definition) is 3. The van der Waals surface area contributed by atoms with Crippen molar-refractivity contribution in [2.75, 3.05) is 12.3 Å². The van der Waals surface area contributed by atoms with E-state index in [-0.39, 0.29) is 10.6 Å². The number of nitrogen functional groups attached to an aromatic ring is 1. The number of benzene rings is 1. The average Bonchev–Trinajstić information content (AvgIpc) is 2.70. The van der Waals surface area contributed by atoms with Gasteiger partial charge in [0.2, 0.25) is 10.0 Å². The van der Waals surface area contributed by atoms with Crippen LogP contribution >= 0.6 is 31.9 Å². The molecule has 0 radical (unpaired) electrons. The minimum atomic E-state index is -3.59. The highest BCUT2D eigenvalue weighted by molar-refractivity contribution is 9.11. The third kappa shape index (κ3) is 3.55. The van der Waals surface area contributed by atoms with Gasteiger partial charge in [-0.2, -0.15) is 0 Å². The van der Waals surface area contributed by atoms with Crippen molar-refractivity contribution in [2.45, 2.75) is 31.1 Å². The molecule has 1 aromatic carbocycles. The summed E-state index contributed by atoms with van der Waals surface area (Å²) in [6.07, 6.45) is 3.44. The molecule has 0 bridgehead atoms. The van der Waals surface area contributed by atoms with E-state index in [1.165, 1.54) is 12.8 Å². The third-order valence-electron chi connectivity index (χ3n) is 3.88. The molecule has 2 rings (SSSR count). The smallest absolute Gasteiger partial charge is 0.243 e. The van der Waals surface area contributed by atoms with E-state index < -0.39 is 10.0 Å². The molecular formula is C13H18Br2N2O2S. The van der Waals surface area contributed by atoms with Crippen LogP contribution in [0.5, 0.6) is 0 Å². The van der Waals surface area contributed by atoms with Crippen LogP contribution in [-0.4, -0.2) is 15.0 Å². The van der Waals surface area contributed by atoms with Gasteiger partial charge in [-0.1, -0.05) is 35.7 Å². The van der Waals surface area contributed by atoms with Gasteiger partial charge >= 0.3 is 0 Å². The Kier molecular flexibility index (Phi) is 5.15. The second-order valence-electron chi connectivity index (χ2n) is 5.33. The molecule has 2 unspecified atom stereocenters. The highest BCUT2D eigenvalue weighted by atomic mass is 79.9. The molecule has 0 spiro atoms. The Hall–Kier alpha value is -0.110. The van der Waals surface area contributed by atoms with Crippen molar-refractivity contribution in [3.8, 4) is 0 Å². The van der Waals surface area contributed by atoms with E-state index in [0.29, 0.717) is 22.9 Å². The number of nitrogens with two attached hydrogens (primary N) is 1. The predicted molar refractivity (Wildman–Crippen MR) is 87.9 cm³/mol. The van der Waals surface area contributed by atoms with Crippen molar-refractivity contribution in [3.05, 3.63) is 21.1 Å². The van der Waals surface area contributed by atoms with E-state index in [2.05, 4.69) is 43.5 Å². The lowest BCUT2D eigenvalue weighted by molar-refractivity contribution is 0.414. The predicted octanol–water partition coefficient (Wildman–Crippen LogP) is 3.51. The topological polar surface area (TPSA) is 72.2 Å². The number of hydrogen-bond donors (Lipinski definition) is 2. The van der Waals surface area contributed by atoms with E-state index in [9.17, 15) is 8.42 Å². The van der Waals surface area contributed by atoms with Crippen LogP contribution < -0.4 is 10.5 Å². The second kappa shape index (κ2) is 6.34. The quantitative estimate of drug-likeness (QED) is 0.725. The lowest BCUT2D eigenvalue weighted by atomic mass is 9.99. The molecule has 1 aromatic rings. The zero-order chi connectivity index (χ0) is 14.9. The number of halogens is 2. The van der Waals surface area contributed by atoms with Crippen LogP contribution in [-0.2, 0) is 10.0 Å². The lowest BCUT2D eigenvalue weighted by Gasteiger charge is -2.17. The molecule has 0 saturated heterocycles. The van der Waals surface area contributed by atoms with Gasteiger partial charge in [0.15, 0.2) is 0 Å². The Balaban J connectivity index is 2.18. The Bertz CT molecular complexity index is 581. The Morgan fingerprint density at radius 1 is 1.35 bits per heavy atom. The van der Waals surface area contributed by atoms with Gasteiger partial charge in [0.25, 0.3) is 0 Å². The monoisotopic (exact) mass is 424 g/mol. The third-order valence-corrected chi connectivity index (χ3v) is 6.77. The van der Waals surface area contributed by atoms with Crippen molar-refractivity contribution in [3.63, 3.8) is 0 Å². The Labute approximate surface area is 136 Å². The fourth-order valence-corrected chi connectivity index (χ4v) is 5.84. The molecular weight excluding hydrogens is 408 g/mol. The minimum absolute atomic E-state index is 0.117. The summed E-state index contributed by atoms with van der Waals surface area (Å²) in [5, 5.41) is 0. The van der Waals surface area contributed by atoms with Crippen LogP contribution in [0.25, 0.3) is 0 Å². The van der Waals surface area contributed by atoms with E-state index in [1.54, 1.807) is 12.1 Å². The van der Waals surface area contributed by atoms with Crippen molar-refractivity contribution in [1.82, 2.24) is 4.72 Å². The van der Waals surface area contributed by atoms with E-state index in [0.717, 1.165) is 10.9 Å². The normalized spacial score (nSPS) is 23.1. The van der Waals surface area contributed by atoms with E-state index in [1.807, 2.05) is 0 Å². The van der Waals surface area contributed by atoms with Crippen molar-refractivity contribution in [1.29, 1.82) is 0 Å². The molecule has 7 heteroatoms. The number of sulfonamides is 1. The molecule has 4 nitrogen and oxygen atoms in total. The van der Waals surface area contributed by atoms with Crippen LogP contribution in [0.1, 0.15) is 26.2 Å². The van der Waals surface area contributed by atoms with Crippen LogP contribution in [0.2, 0.25) is 0 Å². The maximum atomic E-state index is 12.4. The number of anilines is 1. The van der Waals surface area contributed by atoms with Gasteiger partial charge in [-0.15, -0.1) is 0 Å². The fraction of sp³-hybridized carbons (Fsp3) is 0.538. The summed E-state index contributed by atoms with van der Waals surface area (Å²) in [6, 6.07) is 3.28. The summed E-state index contributed by atoms with van der Waals surface area (Å²) >= 11 is 6.56. The molecule has 3 N–H and O–H groups in total. The zero-order valence-corrected chi connectivity index (χ0v) is 15.2. The first-order valence-electron chi connectivity index (χ1n) is 6.55. The molecule has 20 heavy (non-hydrogen) atoms. The lowest BCUT2D eigenvalue weighted by Crippen LogP contribution is -2.31. The summed E-state index contributed by atoms with van der Waals surface area (Å²) in [5.74, 6) is 0.989. The SMILES string of the molecule is CC1CCCC1CNS(=O)(=O)c1c(N)cc(Br)cc1Br. The number of rotatable bonds is 4. The number of nitrogens with one attached hydrogen (secondary N) is 1. The van der Waals surface area contributed by atoms with Crippen molar-refractivity contribution >= 4 is 47.6 Å².